The fraction of sp³-hybridized carbons (Fsp3) is 0.471. The van der Waals surface area contributed by atoms with Gasteiger partial charge in [0, 0.05) is 17.7 Å². The zero-order chi connectivity index (χ0) is 14.3. The number of aromatic nitrogens is 1. The molecule has 1 spiro atoms. The molecular weight excluding hydrogens is 264 g/mol. The second-order valence-corrected chi connectivity index (χ2v) is 6.27. The molecule has 1 aromatic carbocycles. The summed E-state index contributed by atoms with van der Waals surface area (Å²) in [7, 11) is 0. The topological polar surface area (TPSA) is 57.4 Å². The number of hydrogen-bond donors (Lipinski definition) is 1. The van der Waals surface area contributed by atoms with Crippen LogP contribution < -0.4 is 5.73 Å². The standard InChI is InChI=1S/C17H20N2O2/c18-15-11-13-3-1-2-4-14(13)16(19-15)12-5-7-17(8-6-12)9-10-20-21-17/h1-4,11-12H,5-10H2,(H2,18,19). The lowest BCUT2D eigenvalue weighted by atomic mass is 9.75. The highest BCUT2D eigenvalue weighted by molar-refractivity contribution is 5.86. The van der Waals surface area contributed by atoms with E-state index in [9.17, 15) is 0 Å². The summed E-state index contributed by atoms with van der Waals surface area (Å²) >= 11 is 0. The van der Waals surface area contributed by atoms with Gasteiger partial charge in [0.25, 0.3) is 0 Å². The third-order valence-corrected chi connectivity index (χ3v) is 4.95. The molecule has 0 bridgehead atoms. The van der Waals surface area contributed by atoms with Crippen molar-refractivity contribution in [2.24, 2.45) is 0 Å². The van der Waals surface area contributed by atoms with Crippen molar-refractivity contribution < 1.29 is 9.78 Å². The fourth-order valence-corrected chi connectivity index (χ4v) is 3.74. The molecule has 4 heteroatoms. The van der Waals surface area contributed by atoms with Crippen LogP contribution in [-0.4, -0.2) is 17.2 Å². The highest BCUT2D eigenvalue weighted by Crippen LogP contribution is 2.44. The SMILES string of the molecule is Nc1cc2ccccc2c(C2CCC3(CCOO3)CC2)n1. The molecule has 2 N–H and O–H groups in total. The van der Waals surface area contributed by atoms with Crippen LogP contribution in [0.3, 0.4) is 0 Å². The minimum absolute atomic E-state index is 0.0351. The zero-order valence-corrected chi connectivity index (χ0v) is 12.0. The summed E-state index contributed by atoms with van der Waals surface area (Å²) in [5.74, 6) is 1.08. The minimum Gasteiger partial charge on any atom is -0.384 e. The number of fused-ring (bicyclic) bond motifs is 1. The van der Waals surface area contributed by atoms with Crippen LogP contribution in [0.1, 0.15) is 43.7 Å². The Morgan fingerprint density at radius 3 is 2.71 bits per heavy atom. The molecule has 4 rings (SSSR count). The van der Waals surface area contributed by atoms with Crippen LogP contribution in [-0.2, 0) is 9.78 Å². The van der Waals surface area contributed by atoms with Crippen molar-refractivity contribution in [3.05, 3.63) is 36.0 Å². The molecule has 1 saturated heterocycles. The Morgan fingerprint density at radius 1 is 1.14 bits per heavy atom. The van der Waals surface area contributed by atoms with Crippen molar-refractivity contribution in [2.45, 2.75) is 43.6 Å². The van der Waals surface area contributed by atoms with Crippen molar-refractivity contribution in [1.29, 1.82) is 0 Å². The summed E-state index contributed by atoms with van der Waals surface area (Å²) in [6.07, 6.45) is 5.28. The van der Waals surface area contributed by atoms with Gasteiger partial charge in [-0.2, -0.15) is 0 Å². The van der Waals surface area contributed by atoms with Crippen molar-refractivity contribution >= 4 is 16.6 Å². The van der Waals surface area contributed by atoms with Gasteiger partial charge in [-0.1, -0.05) is 24.3 Å². The predicted molar refractivity (Wildman–Crippen MR) is 81.7 cm³/mol. The first-order valence-corrected chi connectivity index (χ1v) is 7.72. The normalized spacial score (nSPS) is 29.2. The van der Waals surface area contributed by atoms with E-state index < -0.39 is 0 Å². The average molecular weight is 284 g/mol. The molecule has 2 aromatic rings. The molecule has 0 amide bonds. The van der Waals surface area contributed by atoms with Crippen LogP contribution >= 0.6 is 0 Å². The number of rotatable bonds is 1. The third-order valence-electron chi connectivity index (χ3n) is 4.95. The highest BCUT2D eigenvalue weighted by Gasteiger charge is 2.41. The summed E-state index contributed by atoms with van der Waals surface area (Å²) in [6, 6.07) is 10.3. The molecule has 1 saturated carbocycles. The number of nitrogen functional groups attached to an aromatic ring is 1. The lowest BCUT2D eigenvalue weighted by Crippen LogP contribution is -2.32. The van der Waals surface area contributed by atoms with E-state index in [-0.39, 0.29) is 5.60 Å². The van der Waals surface area contributed by atoms with Crippen LogP contribution in [0.15, 0.2) is 30.3 Å². The van der Waals surface area contributed by atoms with Gasteiger partial charge in [0.1, 0.15) is 11.4 Å². The quantitative estimate of drug-likeness (QED) is 0.813. The average Bonchev–Trinajstić information content (AvgIpc) is 2.95. The molecule has 21 heavy (non-hydrogen) atoms. The molecule has 1 aliphatic carbocycles. The molecule has 2 aliphatic rings. The third kappa shape index (κ3) is 2.28. The van der Waals surface area contributed by atoms with Gasteiger partial charge in [-0.05, 0) is 37.1 Å². The maximum atomic E-state index is 5.99. The number of nitrogens with zero attached hydrogens (tertiary/aromatic N) is 1. The van der Waals surface area contributed by atoms with Crippen LogP contribution in [0.4, 0.5) is 5.82 Å². The maximum Gasteiger partial charge on any atom is 0.124 e. The lowest BCUT2D eigenvalue weighted by molar-refractivity contribution is -0.314. The van der Waals surface area contributed by atoms with Crippen molar-refractivity contribution in [3.63, 3.8) is 0 Å². The van der Waals surface area contributed by atoms with Gasteiger partial charge in [-0.3, -0.25) is 0 Å². The Hall–Kier alpha value is -1.65. The molecule has 0 radical (unpaired) electrons. The van der Waals surface area contributed by atoms with Crippen LogP contribution in [0, 0.1) is 0 Å². The van der Waals surface area contributed by atoms with E-state index in [2.05, 4.69) is 23.2 Å². The molecule has 0 unspecified atom stereocenters. The van der Waals surface area contributed by atoms with Crippen molar-refractivity contribution in [1.82, 2.24) is 4.98 Å². The molecular formula is C17H20N2O2. The Balaban J connectivity index is 1.65. The van der Waals surface area contributed by atoms with Gasteiger partial charge in [-0.15, -0.1) is 0 Å². The van der Waals surface area contributed by atoms with Gasteiger partial charge in [0.2, 0.25) is 0 Å². The molecule has 110 valence electrons. The van der Waals surface area contributed by atoms with E-state index in [1.807, 2.05) is 12.1 Å². The van der Waals surface area contributed by atoms with Crippen LogP contribution in [0.25, 0.3) is 10.8 Å². The van der Waals surface area contributed by atoms with Crippen LogP contribution in [0.2, 0.25) is 0 Å². The summed E-state index contributed by atoms with van der Waals surface area (Å²) in [5, 5.41) is 2.41. The predicted octanol–water partition coefficient (Wildman–Crippen LogP) is 3.57. The monoisotopic (exact) mass is 284 g/mol. The Kier molecular flexibility index (Phi) is 3.08. The van der Waals surface area contributed by atoms with Gasteiger partial charge in [-0.25, -0.2) is 14.8 Å². The first-order chi connectivity index (χ1) is 10.3. The van der Waals surface area contributed by atoms with E-state index in [0.29, 0.717) is 11.7 Å². The number of pyridine rings is 1. The highest BCUT2D eigenvalue weighted by atomic mass is 17.2. The second kappa shape index (κ2) is 4.97. The summed E-state index contributed by atoms with van der Waals surface area (Å²) in [4.78, 5) is 15.3. The molecule has 1 aliphatic heterocycles. The zero-order valence-electron chi connectivity index (χ0n) is 12.0. The largest absolute Gasteiger partial charge is 0.384 e. The number of hydrogen-bond acceptors (Lipinski definition) is 4. The molecule has 4 nitrogen and oxygen atoms in total. The summed E-state index contributed by atoms with van der Waals surface area (Å²) < 4.78 is 0. The van der Waals surface area contributed by atoms with E-state index in [1.54, 1.807) is 0 Å². The van der Waals surface area contributed by atoms with Crippen molar-refractivity contribution in [3.8, 4) is 0 Å². The Bertz CT molecular complexity index is 655. The lowest BCUT2D eigenvalue weighted by Gasteiger charge is -2.34. The maximum absolute atomic E-state index is 5.99. The second-order valence-electron chi connectivity index (χ2n) is 6.27. The van der Waals surface area contributed by atoms with Gasteiger partial charge in [0.15, 0.2) is 0 Å². The van der Waals surface area contributed by atoms with Gasteiger partial charge < -0.3 is 5.73 Å². The van der Waals surface area contributed by atoms with E-state index in [0.717, 1.165) is 44.4 Å². The molecule has 0 atom stereocenters. The molecule has 2 fully saturated rings. The fourth-order valence-electron chi connectivity index (χ4n) is 3.74. The first-order valence-electron chi connectivity index (χ1n) is 7.72. The Morgan fingerprint density at radius 2 is 1.95 bits per heavy atom. The summed E-state index contributed by atoms with van der Waals surface area (Å²) in [6.45, 7) is 0.726. The minimum atomic E-state index is -0.0351. The van der Waals surface area contributed by atoms with E-state index >= 15 is 0 Å². The van der Waals surface area contributed by atoms with E-state index in [1.165, 1.54) is 10.8 Å². The van der Waals surface area contributed by atoms with Gasteiger partial charge >= 0.3 is 0 Å². The number of benzene rings is 1. The number of anilines is 1. The number of nitrogens with two attached hydrogens (primary N) is 1. The Labute approximate surface area is 124 Å². The van der Waals surface area contributed by atoms with Crippen LogP contribution in [0.5, 0.6) is 0 Å². The first kappa shape index (κ1) is 13.0. The smallest absolute Gasteiger partial charge is 0.124 e. The van der Waals surface area contributed by atoms with Crippen molar-refractivity contribution in [2.75, 3.05) is 12.3 Å². The van der Waals surface area contributed by atoms with Gasteiger partial charge in [0.05, 0.1) is 12.3 Å². The molecule has 2 heterocycles. The molecule has 1 aromatic heterocycles. The summed E-state index contributed by atoms with van der Waals surface area (Å²) in [5.41, 5.74) is 7.11. The van der Waals surface area contributed by atoms with E-state index in [4.69, 9.17) is 15.5 Å².